The lowest BCUT2D eigenvalue weighted by atomic mass is 9.69. The lowest BCUT2D eigenvalue weighted by Crippen LogP contribution is -2.24. The average molecular weight is 405 g/mol. The summed E-state index contributed by atoms with van der Waals surface area (Å²) in [4.78, 5) is 24.5. The van der Waals surface area contributed by atoms with Gasteiger partial charge in [-0.05, 0) is 22.8 Å². The minimum absolute atomic E-state index is 0.0380. The van der Waals surface area contributed by atoms with Crippen molar-refractivity contribution in [2.45, 2.75) is 18.3 Å². The van der Waals surface area contributed by atoms with Gasteiger partial charge >= 0.3 is 0 Å². The maximum atomic E-state index is 13.0. The number of benzene rings is 3. The molecule has 26 heavy (non-hydrogen) atoms. The fraction of sp³-hybridized carbons (Fsp3) is 0.130. The van der Waals surface area contributed by atoms with Gasteiger partial charge in [0.15, 0.2) is 5.78 Å². The van der Waals surface area contributed by atoms with Crippen LogP contribution in [0.15, 0.2) is 77.3 Å². The van der Waals surface area contributed by atoms with E-state index in [0.29, 0.717) is 6.42 Å². The minimum Gasteiger partial charge on any atom is -0.303 e. The summed E-state index contributed by atoms with van der Waals surface area (Å²) >= 11 is 3.64. The first-order chi connectivity index (χ1) is 12.7. The molecule has 1 aliphatic rings. The summed E-state index contributed by atoms with van der Waals surface area (Å²) < 4.78 is 0.985. The first-order valence-electron chi connectivity index (χ1n) is 8.63. The van der Waals surface area contributed by atoms with Crippen molar-refractivity contribution >= 4 is 28.0 Å². The molecule has 0 unspecified atom stereocenters. The number of hydrogen-bond donors (Lipinski definition) is 0. The molecule has 0 heterocycles. The van der Waals surface area contributed by atoms with E-state index in [9.17, 15) is 9.59 Å². The van der Waals surface area contributed by atoms with Crippen molar-refractivity contribution in [3.8, 4) is 0 Å². The van der Waals surface area contributed by atoms with Gasteiger partial charge in [-0.3, -0.25) is 4.79 Å². The number of carbonyl (C=O) groups is 2. The Bertz CT molecular complexity index is 943. The highest BCUT2D eigenvalue weighted by Gasteiger charge is 2.36. The number of hydrogen-bond acceptors (Lipinski definition) is 2. The van der Waals surface area contributed by atoms with Gasteiger partial charge in [-0.2, -0.15) is 0 Å². The van der Waals surface area contributed by atoms with E-state index in [-0.39, 0.29) is 17.6 Å². The minimum atomic E-state index is -0.0431. The summed E-state index contributed by atoms with van der Waals surface area (Å²) in [5.74, 6) is -0.0214. The number of halogens is 1. The molecule has 0 aromatic heterocycles. The molecule has 1 atom stereocenters. The summed E-state index contributed by atoms with van der Waals surface area (Å²) in [6.45, 7) is 0. The second-order valence-electron chi connectivity index (χ2n) is 6.51. The molecule has 0 aliphatic heterocycles. The van der Waals surface area contributed by atoms with Crippen molar-refractivity contribution in [2.75, 3.05) is 0 Å². The first-order valence-corrected chi connectivity index (χ1v) is 9.42. The van der Waals surface area contributed by atoms with Gasteiger partial charge < -0.3 is 4.79 Å². The number of ketones is 1. The van der Waals surface area contributed by atoms with E-state index in [4.69, 9.17) is 0 Å². The topological polar surface area (TPSA) is 34.1 Å². The molecule has 3 aromatic rings. The third kappa shape index (κ3) is 2.73. The number of fused-ring (bicyclic) bond motifs is 2. The zero-order valence-corrected chi connectivity index (χ0v) is 15.6. The molecule has 0 amide bonds. The molecule has 0 spiro atoms. The Balaban J connectivity index is 1.97. The molecule has 128 valence electrons. The van der Waals surface area contributed by atoms with Crippen molar-refractivity contribution in [1.29, 1.82) is 0 Å². The van der Waals surface area contributed by atoms with E-state index in [1.165, 1.54) is 0 Å². The Morgan fingerprint density at radius 1 is 0.846 bits per heavy atom. The van der Waals surface area contributed by atoms with Crippen molar-refractivity contribution < 1.29 is 9.59 Å². The van der Waals surface area contributed by atoms with E-state index >= 15 is 0 Å². The lowest BCUT2D eigenvalue weighted by Gasteiger charge is -2.33. The predicted molar refractivity (Wildman–Crippen MR) is 106 cm³/mol. The van der Waals surface area contributed by atoms with Crippen LogP contribution in [-0.4, -0.2) is 12.1 Å². The smallest absolute Gasteiger partial charge is 0.193 e. The third-order valence-corrected chi connectivity index (χ3v) is 5.86. The predicted octanol–water partition coefficient (Wildman–Crippen LogP) is 5.50. The second-order valence-corrected chi connectivity index (χ2v) is 7.37. The summed E-state index contributed by atoms with van der Waals surface area (Å²) in [7, 11) is 0. The molecule has 3 heteroatoms. The van der Waals surface area contributed by atoms with E-state index < -0.39 is 0 Å². The molecule has 3 aromatic carbocycles. The molecule has 2 nitrogen and oxygen atoms in total. The molecule has 1 aliphatic carbocycles. The number of rotatable bonds is 4. The summed E-state index contributed by atoms with van der Waals surface area (Å²) in [5, 5.41) is 0. The molecule has 0 radical (unpaired) electrons. The molecular formula is C23H17BrO2. The van der Waals surface area contributed by atoms with Crippen molar-refractivity contribution in [3.05, 3.63) is 105 Å². The van der Waals surface area contributed by atoms with Gasteiger partial charge in [0.05, 0.1) is 0 Å². The Morgan fingerprint density at radius 3 is 1.96 bits per heavy atom. The lowest BCUT2D eigenvalue weighted by molar-refractivity contribution is -0.108. The highest BCUT2D eigenvalue weighted by Crippen LogP contribution is 2.47. The molecule has 0 fully saturated rings. The van der Waals surface area contributed by atoms with Crippen LogP contribution in [0, 0.1) is 0 Å². The van der Waals surface area contributed by atoms with Gasteiger partial charge in [-0.15, -0.1) is 0 Å². The Kier molecular flexibility index (Phi) is 4.56. The van der Waals surface area contributed by atoms with Gasteiger partial charge in [0.2, 0.25) is 0 Å². The first kappa shape index (κ1) is 16.9. The van der Waals surface area contributed by atoms with Crippen molar-refractivity contribution in [1.82, 2.24) is 0 Å². The van der Waals surface area contributed by atoms with Crippen LogP contribution in [0.5, 0.6) is 0 Å². The van der Waals surface area contributed by atoms with Crippen molar-refractivity contribution in [3.63, 3.8) is 0 Å². The van der Waals surface area contributed by atoms with E-state index in [1.807, 2.05) is 66.7 Å². The molecular weight excluding hydrogens is 388 g/mol. The molecule has 0 saturated carbocycles. The van der Waals surface area contributed by atoms with Crippen LogP contribution in [0.25, 0.3) is 0 Å². The largest absolute Gasteiger partial charge is 0.303 e. The van der Waals surface area contributed by atoms with Gasteiger partial charge in [-0.1, -0.05) is 82.7 Å². The normalized spacial score (nSPS) is 14.4. The highest BCUT2D eigenvalue weighted by molar-refractivity contribution is 9.10. The summed E-state index contributed by atoms with van der Waals surface area (Å²) in [6.07, 6.45) is 1.37. The zero-order valence-electron chi connectivity index (χ0n) is 14.1. The van der Waals surface area contributed by atoms with E-state index in [0.717, 1.165) is 38.6 Å². The van der Waals surface area contributed by atoms with Crippen LogP contribution in [0.3, 0.4) is 0 Å². The zero-order chi connectivity index (χ0) is 18.1. The molecule has 0 bridgehead atoms. The van der Waals surface area contributed by atoms with Crippen molar-refractivity contribution in [2.24, 2.45) is 0 Å². The van der Waals surface area contributed by atoms with E-state index in [2.05, 4.69) is 22.0 Å². The van der Waals surface area contributed by atoms with Gasteiger partial charge in [0.25, 0.3) is 0 Å². The van der Waals surface area contributed by atoms with Crippen LogP contribution in [0.2, 0.25) is 0 Å². The summed E-state index contributed by atoms with van der Waals surface area (Å²) in [5.41, 5.74) is 4.56. The number of aldehydes is 1. The van der Waals surface area contributed by atoms with Crippen LogP contribution in [0.1, 0.15) is 50.9 Å². The SMILES string of the molecule is O=CC[C@@H](c1ccccc1Br)C1c2ccccc2C(=O)c2ccccc21. The van der Waals surface area contributed by atoms with Gasteiger partial charge in [-0.25, -0.2) is 0 Å². The molecule has 0 N–H and O–H groups in total. The van der Waals surface area contributed by atoms with Crippen LogP contribution >= 0.6 is 15.9 Å². The Morgan fingerprint density at radius 2 is 1.38 bits per heavy atom. The fourth-order valence-electron chi connectivity index (χ4n) is 4.02. The molecule has 0 saturated heterocycles. The highest BCUT2D eigenvalue weighted by atomic mass is 79.9. The maximum Gasteiger partial charge on any atom is 0.193 e. The van der Waals surface area contributed by atoms with Crippen LogP contribution < -0.4 is 0 Å². The number of carbonyl (C=O) groups excluding carboxylic acids is 2. The fourth-order valence-corrected chi connectivity index (χ4v) is 4.60. The maximum absolute atomic E-state index is 13.0. The average Bonchev–Trinajstić information content (AvgIpc) is 2.68. The standard InChI is InChI=1S/C23H17BrO2/c24-21-12-6-5-7-15(21)18(13-14-25)22-16-8-1-3-10-19(16)23(26)20-11-4-2-9-17(20)22/h1-12,14,18,22H,13H2/t18-/m0/s1. The quantitative estimate of drug-likeness (QED) is 0.538. The third-order valence-electron chi connectivity index (χ3n) is 5.14. The monoisotopic (exact) mass is 404 g/mol. The second kappa shape index (κ2) is 7.00. The van der Waals surface area contributed by atoms with Crippen LogP contribution in [-0.2, 0) is 4.79 Å². The molecule has 4 rings (SSSR count). The summed E-state index contributed by atoms with van der Waals surface area (Å²) in [6, 6.07) is 23.5. The van der Waals surface area contributed by atoms with Crippen LogP contribution in [0.4, 0.5) is 0 Å². The van der Waals surface area contributed by atoms with E-state index in [1.54, 1.807) is 0 Å². The van der Waals surface area contributed by atoms with Gasteiger partial charge in [0.1, 0.15) is 6.29 Å². The Labute approximate surface area is 161 Å². The Hall–Kier alpha value is -2.52. The van der Waals surface area contributed by atoms with Gasteiger partial charge in [0, 0.05) is 33.9 Å².